The lowest BCUT2D eigenvalue weighted by Gasteiger charge is -2.15. The molecule has 9 nitrogen and oxygen atoms in total. The van der Waals surface area contributed by atoms with Crippen LogP contribution >= 0.6 is 15.9 Å². The number of rotatable bonds is 8. The topological polar surface area (TPSA) is 107 Å². The van der Waals surface area contributed by atoms with Gasteiger partial charge in [-0.1, -0.05) is 46.3 Å². The van der Waals surface area contributed by atoms with Gasteiger partial charge in [-0.2, -0.15) is 0 Å². The number of imide groups is 1. The number of amides is 3. The van der Waals surface area contributed by atoms with Crippen molar-refractivity contribution in [1.29, 1.82) is 0 Å². The molecule has 4 rings (SSSR count). The summed E-state index contributed by atoms with van der Waals surface area (Å²) in [6.45, 7) is 0.126. The molecular weight excluding hydrogens is 520 g/mol. The lowest BCUT2D eigenvalue weighted by atomic mass is 10.1. The Morgan fingerprint density at radius 2 is 1.89 bits per heavy atom. The van der Waals surface area contributed by atoms with Crippen molar-refractivity contribution >= 4 is 39.9 Å². The molecule has 0 radical (unpaired) electrons. The normalized spacial score (nSPS) is 14.3. The van der Waals surface area contributed by atoms with E-state index in [4.69, 9.17) is 13.9 Å². The number of halogens is 1. The fourth-order valence-electron chi connectivity index (χ4n) is 3.43. The zero-order chi connectivity index (χ0) is 24.9. The van der Waals surface area contributed by atoms with E-state index in [1.54, 1.807) is 12.1 Å². The Balaban J connectivity index is 1.59. The quantitative estimate of drug-likeness (QED) is 0.254. The number of ether oxygens (including phenoxy) is 3. The second-order valence-corrected chi connectivity index (χ2v) is 8.35. The molecule has 1 N–H and O–H groups in total. The molecule has 3 aromatic rings. The molecule has 2 aromatic carbocycles. The predicted molar refractivity (Wildman–Crippen MR) is 129 cm³/mol. The smallest absolute Gasteiger partial charge is 0.373 e. The molecule has 35 heavy (non-hydrogen) atoms. The Morgan fingerprint density at radius 3 is 2.60 bits per heavy atom. The molecule has 1 aliphatic heterocycles. The Labute approximate surface area is 209 Å². The van der Waals surface area contributed by atoms with Gasteiger partial charge in [-0.05, 0) is 35.9 Å². The first-order chi connectivity index (χ1) is 16.9. The van der Waals surface area contributed by atoms with Gasteiger partial charge in [-0.25, -0.2) is 9.59 Å². The minimum absolute atomic E-state index is 0.0215. The molecule has 1 aromatic heterocycles. The summed E-state index contributed by atoms with van der Waals surface area (Å²) in [7, 11) is 2.75. The van der Waals surface area contributed by atoms with Crippen LogP contribution in [0.1, 0.15) is 27.4 Å². The Morgan fingerprint density at radius 1 is 1.11 bits per heavy atom. The van der Waals surface area contributed by atoms with Gasteiger partial charge in [-0.3, -0.25) is 9.69 Å². The monoisotopic (exact) mass is 540 g/mol. The van der Waals surface area contributed by atoms with E-state index in [-0.39, 0.29) is 30.4 Å². The van der Waals surface area contributed by atoms with Crippen molar-refractivity contribution in [3.8, 4) is 11.5 Å². The maximum atomic E-state index is 13.0. The van der Waals surface area contributed by atoms with Gasteiger partial charge in [0.1, 0.15) is 18.1 Å². The van der Waals surface area contributed by atoms with Gasteiger partial charge < -0.3 is 23.9 Å². The highest BCUT2D eigenvalue weighted by molar-refractivity contribution is 9.10. The standard InChI is InChI=1S/C25H21BrN2O7/c1-32-21-12-17(26)10-16(22(21)34-14-15-6-4-3-5-7-15)11-19-23(29)28(25(31)27-19)13-18-8-9-20(35-18)24(30)33-2/h3-12H,13-14H2,1-2H3,(H,27,31)/b19-11-. The first-order valence-corrected chi connectivity index (χ1v) is 11.2. The molecule has 1 saturated heterocycles. The third kappa shape index (κ3) is 5.38. The third-order valence-corrected chi connectivity index (χ3v) is 5.58. The zero-order valence-corrected chi connectivity index (χ0v) is 20.5. The molecule has 1 fully saturated rings. The SMILES string of the molecule is COC(=O)c1ccc(CN2C(=O)N/C(=C\c3cc(Br)cc(OC)c3OCc3ccccc3)C2=O)o1. The number of carbonyl (C=O) groups excluding carboxylic acids is 3. The average Bonchev–Trinajstić information content (AvgIpc) is 3.43. The van der Waals surface area contributed by atoms with Crippen LogP contribution in [-0.2, 0) is 22.7 Å². The van der Waals surface area contributed by atoms with Crippen molar-refractivity contribution < 1.29 is 33.0 Å². The highest BCUT2D eigenvalue weighted by Gasteiger charge is 2.34. The lowest BCUT2D eigenvalue weighted by molar-refractivity contribution is -0.123. The second kappa shape index (κ2) is 10.5. The largest absolute Gasteiger partial charge is 0.493 e. The number of hydrogen-bond acceptors (Lipinski definition) is 7. The fraction of sp³-hybridized carbons (Fsp3) is 0.160. The van der Waals surface area contributed by atoms with E-state index in [0.29, 0.717) is 21.5 Å². The lowest BCUT2D eigenvalue weighted by Crippen LogP contribution is -2.30. The maximum absolute atomic E-state index is 13.0. The average molecular weight is 541 g/mol. The van der Waals surface area contributed by atoms with Gasteiger partial charge in [0.15, 0.2) is 11.5 Å². The first-order valence-electron chi connectivity index (χ1n) is 10.5. The van der Waals surface area contributed by atoms with Crippen molar-refractivity contribution in [2.24, 2.45) is 0 Å². The number of nitrogens with one attached hydrogen (secondary N) is 1. The minimum atomic E-state index is -0.652. The summed E-state index contributed by atoms with van der Waals surface area (Å²) in [5, 5.41) is 2.57. The van der Waals surface area contributed by atoms with Crippen LogP contribution in [0.4, 0.5) is 4.79 Å². The van der Waals surface area contributed by atoms with Gasteiger partial charge in [0.05, 0.1) is 20.8 Å². The summed E-state index contributed by atoms with van der Waals surface area (Å²) in [4.78, 5) is 38.1. The second-order valence-electron chi connectivity index (χ2n) is 7.44. The summed E-state index contributed by atoms with van der Waals surface area (Å²) >= 11 is 3.44. The van der Waals surface area contributed by atoms with E-state index in [1.807, 2.05) is 30.3 Å². The van der Waals surface area contributed by atoms with Crippen LogP contribution in [0.2, 0.25) is 0 Å². The van der Waals surface area contributed by atoms with Crippen LogP contribution in [0.5, 0.6) is 11.5 Å². The molecule has 10 heteroatoms. The number of carbonyl (C=O) groups is 3. The number of nitrogens with zero attached hydrogens (tertiary/aromatic N) is 1. The van der Waals surface area contributed by atoms with Crippen molar-refractivity contribution in [3.05, 3.63) is 87.4 Å². The van der Waals surface area contributed by atoms with Crippen LogP contribution < -0.4 is 14.8 Å². The van der Waals surface area contributed by atoms with Crippen LogP contribution in [-0.4, -0.2) is 37.0 Å². The minimum Gasteiger partial charge on any atom is -0.493 e. The molecule has 0 saturated carbocycles. The van der Waals surface area contributed by atoms with E-state index < -0.39 is 17.9 Å². The highest BCUT2D eigenvalue weighted by atomic mass is 79.9. The molecule has 0 bridgehead atoms. The first kappa shape index (κ1) is 24.1. The van der Waals surface area contributed by atoms with Gasteiger partial charge >= 0.3 is 12.0 Å². The van der Waals surface area contributed by atoms with E-state index >= 15 is 0 Å². The van der Waals surface area contributed by atoms with Gasteiger partial charge in [0.25, 0.3) is 5.91 Å². The van der Waals surface area contributed by atoms with Gasteiger partial charge in [-0.15, -0.1) is 0 Å². The van der Waals surface area contributed by atoms with Crippen molar-refractivity contribution in [1.82, 2.24) is 10.2 Å². The molecule has 0 spiro atoms. The van der Waals surface area contributed by atoms with Crippen LogP contribution in [0.25, 0.3) is 6.08 Å². The highest BCUT2D eigenvalue weighted by Crippen LogP contribution is 2.37. The molecule has 2 heterocycles. The Kier molecular flexibility index (Phi) is 7.21. The number of urea groups is 1. The number of furan rings is 1. The van der Waals surface area contributed by atoms with Crippen LogP contribution in [0, 0.1) is 0 Å². The predicted octanol–water partition coefficient (Wildman–Crippen LogP) is 4.51. The molecule has 3 amide bonds. The summed E-state index contributed by atoms with van der Waals surface area (Å²) in [5.74, 6) is -0.0967. The van der Waals surface area contributed by atoms with Crippen LogP contribution in [0.15, 0.2) is 69.2 Å². The van der Waals surface area contributed by atoms with Crippen molar-refractivity contribution in [2.75, 3.05) is 14.2 Å². The number of methoxy groups -OCH3 is 2. The molecule has 0 aliphatic carbocycles. The molecular formula is C25H21BrN2O7. The number of hydrogen-bond donors (Lipinski definition) is 1. The van der Waals surface area contributed by atoms with Gasteiger partial charge in [0.2, 0.25) is 5.76 Å². The van der Waals surface area contributed by atoms with Crippen molar-refractivity contribution in [3.63, 3.8) is 0 Å². The van der Waals surface area contributed by atoms with E-state index in [9.17, 15) is 14.4 Å². The summed E-state index contributed by atoms with van der Waals surface area (Å²) < 4.78 is 22.2. The van der Waals surface area contributed by atoms with E-state index in [0.717, 1.165) is 10.5 Å². The molecule has 0 unspecified atom stereocenters. The van der Waals surface area contributed by atoms with Crippen molar-refractivity contribution in [2.45, 2.75) is 13.2 Å². The third-order valence-electron chi connectivity index (χ3n) is 5.12. The molecule has 0 atom stereocenters. The van der Waals surface area contributed by atoms with E-state index in [2.05, 4.69) is 26.0 Å². The molecule has 1 aliphatic rings. The van der Waals surface area contributed by atoms with Crippen LogP contribution in [0.3, 0.4) is 0 Å². The van der Waals surface area contributed by atoms with E-state index in [1.165, 1.54) is 32.4 Å². The summed E-state index contributed by atoms with van der Waals surface area (Å²) in [6, 6.07) is 15.4. The summed E-state index contributed by atoms with van der Waals surface area (Å²) in [5.41, 5.74) is 1.54. The maximum Gasteiger partial charge on any atom is 0.373 e. The number of esters is 1. The number of benzene rings is 2. The van der Waals surface area contributed by atoms with Gasteiger partial charge in [0, 0.05) is 10.0 Å². The Bertz CT molecular complexity index is 1300. The zero-order valence-electron chi connectivity index (χ0n) is 18.9. The Hall–Kier alpha value is -4.05. The molecule has 180 valence electrons. The summed E-state index contributed by atoms with van der Waals surface area (Å²) in [6.07, 6.45) is 1.52. The fourth-order valence-corrected chi connectivity index (χ4v) is 3.89.